The maximum atomic E-state index is 14.3. The minimum Gasteiger partial charge on any atom is -0.497 e. The van der Waals surface area contributed by atoms with E-state index >= 15 is 0 Å². The number of aromatic nitrogens is 3. The predicted molar refractivity (Wildman–Crippen MR) is 138 cm³/mol. The average Bonchev–Trinajstić information content (AvgIpc) is 3.33. The van der Waals surface area contributed by atoms with Gasteiger partial charge in [0.15, 0.2) is 5.65 Å². The molecule has 0 atom stereocenters. The molecule has 0 aliphatic carbocycles. The zero-order chi connectivity index (χ0) is 25.4. The van der Waals surface area contributed by atoms with Crippen LogP contribution in [-0.4, -0.2) is 58.7 Å². The van der Waals surface area contributed by atoms with Crippen molar-refractivity contribution in [1.82, 2.24) is 19.5 Å². The van der Waals surface area contributed by atoms with Crippen LogP contribution < -0.4 is 9.64 Å². The van der Waals surface area contributed by atoms with Crippen LogP contribution in [0.4, 0.5) is 10.1 Å². The zero-order valence-electron chi connectivity index (χ0n) is 21.0. The van der Waals surface area contributed by atoms with Gasteiger partial charge in [0.05, 0.1) is 24.2 Å². The Balaban J connectivity index is 1.49. The highest BCUT2D eigenvalue weighted by Crippen LogP contribution is 2.27. The van der Waals surface area contributed by atoms with Gasteiger partial charge < -0.3 is 14.5 Å². The van der Waals surface area contributed by atoms with Gasteiger partial charge in [-0.1, -0.05) is 32.9 Å². The number of para-hydroxylation sites is 1. The number of hydrogen-bond donors (Lipinski definition) is 0. The number of rotatable bonds is 4. The second-order valence-corrected chi connectivity index (χ2v) is 10.0. The van der Waals surface area contributed by atoms with Gasteiger partial charge in [0.25, 0.3) is 5.91 Å². The minimum absolute atomic E-state index is 0.117. The first kappa shape index (κ1) is 23.8. The maximum absolute atomic E-state index is 14.3. The third-order valence-corrected chi connectivity index (χ3v) is 6.56. The highest BCUT2D eigenvalue weighted by atomic mass is 19.1. The molecule has 1 aliphatic rings. The smallest absolute Gasteiger partial charge is 0.272 e. The van der Waals surface area contributed by atoms with E-state index in [1.807, 2.05) is 46.2 Å². The zero-order valence-corrected chi connectivity index (χ0v) is 21.0. The normalized spacial score (nSPS) is 14.4. The van der Waals surface area contributed by atoms with Crippen LogP contribution in [0.15, 0.2) is 60.7 Å². The van der Waals surface area contributed by atoms with Crippen molar-refractivity contribution in [2.24, 2.45) is 0 Å². The molecule has 186 valence electrons. The molecule has 0 radical (unpaired) electrons. The van der Waals surface area contributed by atoms with Crippen LogP contribution in [0.1, 0.15) is 37.0 Å². The first-order chi connectivity index (χ1) is 17.2. The summed E-state index contributed by atoms with van der Waals surface area (Å²) in [6.45, 7) is 8.34. The largest absolute Gasteiger partial charge is 0.497 e. The van der Waals surface area contributed by atoms with E-state index in [9.17, 15) is 9.18 Å². The second kappa shape index (κ2) is 9.26. The van der Waals surface area contributed by atoms with Gasteiger partial charge in [0, 0.05) is 43.2 Å². The van der Waals surface area contributed by atoms with E-state index in [0.717, 1.165) is 17.0 Å². The fraction of sp³-hybridized carbons (Fsp3) is 0.321. The van der Waals surface area contributed by atoms with Crippen LogP contribution in [0.2, 0.25) is 0 Å². The Bertz CT molecular complexity index is 1400. The van der Waals surface area contributed by atoms with Gasteiger partial charge in [0.1, 0.15) is 17.3 Å². The second-order valence-electron chi connectivity index (χ2n) is 10.0. The van der Waals surface area contributed by atoms with Crippen molar-refractivity contribution in [1.29, 1.82) is 0 Å². The molecule has 1 fully saturated rings. The van der Waals surface area contributed by atoms with E-state index in [1.165, 1.54) is 6.07 Å². The molecular weight excluding hydrogens is 457 g/mol. The van der Waals surface area contributed by atoms with Gasteiger partial charge >= 0.3 is 0 Å². The average molecular weight is 488 g/mol. The Hall–Kier alpha value is -3.94. The number of carbonyl (C=O) groups is 1. The minimum atomic E-state index is -0.247. The highest BCUT2D eigenvalue weighted by Gasteiger charge is 2.27. The van der Waals surface area contributed by atoms with Crippen molar-refractivity contribution in [3.05, 3.63) is 77.9 Å². The number of ether oxygens (including phenoxy) is 1. The fourth-order valence-electron chi connectivity index (χ4n) is 4.42. The van der Waals surface area contributed by atoms with Gasteiger partial charge in [-0.3, -0.25) is 4.79 Å². The van der Waals surface area contributed by atoms with Gasteiger partial charge in [0.2, 0.25) is 0 Å². The Morgan fingerprint density at radius 2 is 1.67 bits per heavy atom. The number of amides is 1. The number of carbonyl (C=O) groups excluding carboxylic acids is 1. The van der Waals surface area contributed by atoms with Crippen molar-refractivity contribution in [2.45, 2.75) is 26.2 Å². The number of anilines is 1. The lowest BCUT2D eigenvalue weighted by atomic mass is 9.93. The van der Waals surface area contributed by atoms with E-state index in [-0.39, 0.29) is 17.1 Å². The Labute approximate surface area is 210 Å². The number of nitrogens with zero attached hydrogens (tertiary/aromatic N) is 5. The van der Waals surface area contributed by atoms with Crippen LogP contribution in [0.5, 0.6) is 5.75 Å². The molecule has 2 aromatic carbocycles. The van der Waals surface area contributed by atoms with Crippen molar-refractivity contribution in [3.63, 3.8) is 0 Å². The van der Waals surface area contributed by atoms with Crippen molar-refractivity contribution in [2.75, 3.05) is 38.2 Å². The molecule has 36 heavy (non-hydrogen) atoms. The van der Waals surface area contributed by atoms with E-state index < -0.39 is 0 Å². The predicted octanol–water partition coefficient (Wildman–Crippen LogP) is 4.80. The maximum Gasteiger partial charge on any atom is 0.272 e. The standard InChI is InChI=1S/C28H30FN5O2/c1-28(2,3)25-18-26-30-22(19-9-11-20(36-4)12-10-19)17-24(34(26)31-25)27(35)33-15-13-32(14-16-33)23-8-6-5-7-21(23)29/h5-12,17-18H,13-16H2,1-4H3. The number of fused-ring (bicyclic) bond motifs is 1. The summed E-state index contributed by atoms with van der Waals surface area (Å²) in [7, 11) is 1.63. The molecule has 3 heterocycles. The topological polar surface area (TPSA) is 63.0 Å². The van der Waals surface area contributed by atoms with Gasteiger partial charge in [-0.25, -0.2) is 13.9 Å². The lowest BCUT2D eigenvalue weighted by molar-refractivity contribution is 0.0737. The summed E-state index contributed by atoms with van der Waals surface area (Å²) in [6.07, 6.45) is 0. The Kier molecular flexibility index (Phi) is 6.12. The lowest BCUT2D eigenvalue weighted by Crippen LogP contribution is -2.49. The first-order valence-electron chi connectivity index (χ1n) is 12.1. The molecule has 5 rings (SSSR count). The summed E-state index contributed by atoms with van der Waals surface area (Å²) in [5.74, 6) is 0.389. The van der Waals surface area contributed by atoms with Gasteiger partial charge in [-0.2, -0.15) is 5.10 Å². The highest BCUT2D eigenvalue weighted by molar-refractivity contribution is 5.94. The molecule has 7 nitrogen and oxygen atoms in total. The van der Waals surface area contributed by atoms with Gasteiger partial charge in [-0.05, 0) is 42.5 Å². The molecule has 8 heteroatoms. The molecule has 4 aromatic rings. The molecule has 2 aromatic heterocycles. The van der Waals surface area contributed by atoms with Crippen LogP contribution in [0.3, 0.4) is 0 Å². The van der Waals surface area contributed by atoms with Crippen LogP contribution in [-0.2, 0) is 5.41 Å². The molecule has 0 spiro atoms. The number of benzene rings is 2. The Morgan fingerprint density at radius 1 is 0.972 bits per heavy atom. The molecule has 0 bridgehead atoms. The van der Waals surface area contributed by atoms with Crippen LogP contribution in [0.25, 0.3) is 16.9 Å². The molecule has 0 saturated carbocycles. The van der Waals surface area contributed by atoms with E-state index in [0.29, 0.717) is 48.9 Å². The lowest BCUT2D eigenvalue weighted by Gasteiger charge is -2.36. The first-order valence-corrected chi connectivity index (χ1v) is 12.1. The van der Waals surface area contributed by atoms with Crippen LogP contribution in [0, 0.1) is 5.82 Å². The third kappa shape index (κ3) is 4.51. The van der Waals surface area contributed by atoms with E-state index in [2.05, 4.69) is 20.8 Å². The van der Waals surface area contributed by atoms with Crippen molar-refractivity contribution in [3.8, 4) is 17.0 Å². The quantitative estimate of drug-likeness (QED) is 0.414. The summed E-state index contributed by atoms with van der Waals surface area (Å²) in [6, 6.07) is 18.1. The molecule has 0 N–H and O–H groups in total. The van der Waals surface area contributed by atoms with Crippen LogP contribution >= 0.6 is 0 Å². The number of halogens is 1. The number of piperazine rings is 1. The third-order valence-electron chi connectivity index (χ3n) is 6.56. The monoisotopic (exact) mass is 487 g/mol. The molecular formula is C28H30FN5O2. The summed E-state index contributed by atoms with van der Waals surface area (Å²) in [4.78, 5) is 22.4. The number of hydrogen-bond acceptors (Lipinski definition) is 5. The Morgan fingerprint density at radius 3 is 2.31 bits per heavy atom. The van der Waals surface area contributed by atoms with E-state index in [4.69, 9.17) is 14.8 Å². The van der Waals surface area contributed by atoms with Gasteiger partial charge in [-0.15, -0.1) is 0 Å². The summed E-state index contributed by atoms with van der Waals surface area (Å²) >= 11 is 0. The summed E-state index contributed by atoms with van der Waals surface area (Å²) in [5, 5.41) is 4.76. The number of methoxy groups -OCH3 is 1. The van der Waals surface area contributed by atoms with E-state index in [1.54, 1.807) is 29.8 Å². The van der Waals surface area contributed by atoms with Crippen molar-refractivity contribution >= 4 is 17.2 Å². The molecule has 0 unspecified atom stereocenters. The summed E-state index contributed by atoms with van der Waals surface area (Å²) in [5.41, 5.74) is 3.90. The molecule has 1 aliphatic heterocycles. The molecule has 1 saturated heterocycles. The SMILES string of the molecule is COc1ccc(-c2cc(C(=O)N3CCN(c4ccccc4F)CC3)n3nc(C(C)(C)C)cc3n2)cc1. The molecule has 1 amide bonds. The van der Waals surface area contributed by atoms with Crippen molar-refractivity contribution < 1.29 is 13.9 Å². The summed E-state index contributed by atoms with van der Waals surface area (Å²) < 4.78 is 21.2. The fourth-order valence-corrected chi connectivity index (χ4v) is 4.42.